The summed E-state index contributed by atoms with van der Waals surface area (Å²) in [5.74, 6) is -1.09. The lowest BCUT2D eigenvalue weighted by atomic mass is 10.0. The minimum Gasteiger partial charge on any atom is -0.467 e. The van der Waals surface area contributed by atoms with Gasteiger partial charge in [0.05, 0.1) is 23.9 Å². The van der Waals surface area contributed by atoms with E-state index in [9.17, 15) is 19.2 Å². The van der Waals surface area contributed by atoms with E-state index in [-0.39, 0.29) is 31.3 Å². The Bertz CT molecular complexity index is 885. The molecule has 0 fully saturated rings. The Kier molecular flexibility index (Phi) is 6.11. The average molecular weight is 397 g/mol. The molecule has 0 unspecified atom stereocenters. The molecule has 3 rings (SSSR count). The van der Waals surface area contributed by atoms with Crippen molar-refractivity contribution in [2.75, 3.05) is 6.54 Å². The first kappa shape index (κ1) is 20.3. The highest BCUT2D eigenvalue weighted by atomic mass is 16.3. The molecule has 4 amide bonds. The number of amides is 4. The Balaban J connectivity index is 1.54. The summed E-state index contributed by atoms with van der Waals surface area (Å²) in [4.78, 5) is 50.6. The molecule has 1 aromatic heterocycles. The Labute approximate surface area is 168 Å². The lowest BCUT2D eigenvalue weighted by molar-refractivity contribution is -0.130. The summed E-state index contributed by atoms with van der Waals surface area (Å²) in [6.45, 7) is 3.82. The van der Waals surface area contributed by atoms with E-state index in [4.69, 9.17) is 4.42 Å². The molecule has 2 aromatic rings. The Hall–Kier alpha value is -3.42. The zero-order chi connectivity index (χ0) is 21.0. The summed E-state index contributed by atoms with van der Waals surface area (Å²) in [5.41, 5.74) is 0.686. The summed E-state index contributed by atoms with van der Waals surface area (Å²) >= 11 is 0. The minimum atomic E-state index is -0.736. The first-order valence-corrected chi connectivity index (χ1v) is 9.43. The molecular formula is C21H23N3O5. The second-order valence-corrected chi connectivity index (χ2v) is 7.14. The van der Waals surface area contributed by atoms with Crippen molar-refractivity contribution in [2.45, 2.75) is 32.9 Å². The van der Waals surface area contributed by atoms with Crippen molar-refractivity contribution in [3.05, 3.63) is 59.5 Å². The van der Waals surface area contributed by atoms with Gasteiger partial charge in [-0.25, -0.2) is 0 Å². The Morgan fingerprint density at radius 1 is 1.03 bits per heavy atom. The summed E-state index contributed by atoms with van der Waals surface area (Å²) in [5, 5.41) is 5.42. The van der Waals surface area contributed by atoms with E-state index in [1.54, 1.807) is 36.4 Å². The molecule has 2 heterocycles. The van der Waals surface area contributed by atoms with Crippen molar-refractivity contribution in [1.82, 2.24) is 15.5 Å². The smallest absolute Gasteiger partial charge is 0.261 e. The van der Waals surface area contributed by atoms with Gasteiger partial charge in [-0.05, 0) is 30.2 Å². The number of furan rings is 1. The van der Waals surface area contributed by atoms with E-state index in [0.717, 1.165) is 4.90 Å². The van der Waals surface area contributed by atoms with Crippen molar-refractivity contribution in [1.29, 1.82) is 0 Å². The molecule has 0 saturated heterocycles. The highest BCUT2D eigenvalue weighted by molar-refractivity contribution is 6.21. The van der Waals surface area contributed by atoms with Crippen LogP contribution in [-0.4, -0.2) is 41.1 Å². The molecule has 0 bridgehead atoms. The lowest BCUT2D eigenvalue weighted by Gasteiger charge is -2.22. The van der Waals surface area contributed by atoms with Gasteiger partial charge in [-0.15, -0.1) is 0 Å². The van der Waals surface area contributed by atoms with Crippen LogP contribution in [0.4, 0.5) is 0 Å². The number of hydrogen-bond donors (Lipinski definition) is 2. The van der Waals surface area contributed by atoms with Crippen LogP contribution in [0, 0.1) is 5.92 Å². The molecule has 1 atom stereocenters. The zero-order valence-electron chi connectivity index (χ0n) is 16.3. The van der Waals surface area contributed by atoms with E-state index in [0.29, 0.717) is 16.9 Å². The molecular weight excluding hydrogens is 374 g/mol. The monoisotopic (exact) mass is 397 g/mol. The fourth-order valence-corrected chi connectivity index (χ4v) is 3.13. The maximum atomic E-state index is 12.4. The average Bonchev–Trinajstić information content (AvgIpc) is 3.30. The molecule has 1 aromatic carbocycles. The van der Waals surface area contributed by atoms with E-state index < -0.39 is 23.8 Å². The fraction of sp³-hybridized carbons (Fsp3) is 0.333. The van der Waals surface area contributed by atoms with Gasteiger partial charge in [0.2, 0.25) is 11.8 Å². The van der Waals surface area contributed by atoms with Gasteiger partial charge in [0.15, 0.2) is 0 Å². The van der Waals surface area contributed by atoms with Gasteiger partial charge in [-0.1, -0.05) is 26.0 Å². The van der Waals surface area contributed by atoms with Crippen molar-refractivity contribution < 1.29 is 23.6 Å². The third-order valence-corrected chi connectivity index (χ3v) is 4.72. The molecule has 1 aliphatic heterocycles. The molecule has 2 N–H and O–H groups in total. The van der Waals surface area contributed by atoms with Crippen molar-refractivity contribution in [3.8, 4) is 0 Å². The van der Waals surface area contributed by atoms with Crippen LogP contribution in [0.15, 0.2) is 47.1 Å². The number of imide groups is 1. The standard InChI is InChI=1S/C21H23N3O5/c1-13(2)18(19(26)22-12-14-6-5-11-29-14)23-17(25)9-10-24-20(27)15-7-3-4-8-16(15)21(24)28/h3-8,11,13,18H,9-10,12H2,1-2H3,(H,22,26)(H,23,25)/t18-/m1/s1. The van der Waals surface area contributed by atoms with Crippen LogP contribution in [-0.2, 0) is 16.1 Å². The van der Waals surface area contributed by atoms with Gasteiger partial charge in [-0.2, -0.15) is 0 Å². The van der Waals surface area contributed by atoms with Crippen LogP contribution in [0.2, 0.25) is 0 Å². The Morgan fingerprint density at radius 3 is 2.24 bits per heavy atom. The number of carbonyl (C=O) groups is 4. The molecule has 152 valence electrons. The SMILES string of the molecule is CC(C)[C@@H](NC(=O)CCN1C(=O)c2ccccc2C1=O)C(=O)NCc1ccco1. The molecule has 1 aliphatic rings. The van der Waals surface area contributed by atoms with E-state index in [2.05, 4.69) is 10.6 Å². The van der Waals surface area contributed by atoms with Gasteiger partial charge in [0.1, 0.15) is 11.8 Å². The summed E-state index contributed by atoms with van der Waals surface area (Å²) in [7, 11) is 0. The third kappa shape index (κ3) is 4.53. The number of carbonyl (C=O) groups excluding carboxylic acids is 4. The highest BCUT2D eigenvalue weighted by Gasteiger charge is 2.35. The largest absolute Gasteiger partial charge is 0.467 e. The number of fused-ring (bicyclic) bond motifs is 1. The number of nitrogens with one attached hydrogen (secondary N) is 2. The van der Waals surface area contributed by atoms with Gasteiger partial charge >= 0.3 is 0 Å². The maximum Gasteiger partial charge on any atom is 0.261 e. The van der Waals surface area contributed by atoms with Crippen LogP contribution in [0.3, 0.4) is 0 Å². The van der Waals surface area contributed by atoms with Crippen molar-refractivity contribution in [3.63, 3.8) is 0 Å². The van der Waals surface area contributed by atoms with E-state index in [1.807, 2.05) is 13.8 Å². The van der Waals surface area contributed by atoms with Gasteiger partial charge in [0, 0.05) is 13.0 Å². The van der Waals surface area contributed by atoms with Gasteiger partial charge in [-0.3, -0.25) is 24.1 Å². The summed E-state index contributed by atoms with van der Waals surface area (Å²) in [6, 6.07) is 9.29. The quantitative estimate of drug-likeness (QED) is 0.660. The first-order valence-electron chi connectivity index (χ1n) is 9.43. The topological polar surface area (TPSA) is 109 Å². The van der Waals surface area contributed by atoms with Crippen LogP contribution < -0.4 is 10.6 Å². The minimum absolute atomic E-state index is 0.0446. The molecule has 29 heavy (non-hydrogen) atoms. The zero-order valence-corrected chi connectivity index (χ0v) is 16.3. The number of rotatable bonds is 8. The second kappa shape index (κ2) is 8.72. The number of hydrogen-bond acceptors (Lipinski definition) is 5. The lowest BCUT2D eigenvalue weighted by Crippen LogP contribution is -2.50. The predicted octanol–water partition coefficient (Wildman–Crippen LogP) is 1.72. The molecule has 0 radical (unpaired) electrons. The molecule has 8 heteroatoms. The van der Waals surface area contributed by atoms with Crippen molar-refractivity contribution >= 4 is 23.6 Å². The maximum absolute atomic E-state index is 12.4. The van der Waals surface area contributed by atoms with Gasteiger partial charge < -0.3 is 15.1 Å². The second-order valence-electron chi connectivity index (χ2n) is 7.14. The van der Waals surface area contributed by atoms with Crippen LogP contribution in [0.5, 0.6) is 0 Å². The fourth-order valence-electron chi connectivity index (χ4n) is 3.13. The van der Waals surface area contributed by atoms with E-state index in [1.165, 1.54) is 6.26 Å². The van der Waals surface area contributed by atoms with Crippen LogP contribution >= 0.6 is 0 Å². The predicted molar refractivity (Wildman–Crippen MR) is 104 cm³/mol. The summed E-state index contributed by atoms with van der Waals surface area (Å²) in [6.07, 6.45) is 1.43. The molecule has 0 saturated carbocycles. The molecule has 0 spiro atoms. The van der Waals surface area contributed by atoms with Gasteiger partial charge in [0.25, 0.3) is 11.8 Å². The van der Waals surface area contributed by atoms with Crippen LogP contribution in [0.25, 0.3) is 0 Å². The molecule has 8 nitrogen and oxygen atoms in total. The number of benzene rings is 1. The molecule has 0 aliphatic carbocycles. The van der Waals surface area contributed by atoms with Crippen molar-refractivity contribution in [2.24, 2.45) is 5.92 Å². The number of nitrogens with zero attached hydrogens (tertiary/aromatic N) is 1. The highest BCUT2D eigenvalue weighted by Crippen LogP contribution is 2.22. The normalized spacial score (nSPS) is 14.1. The third-order valence-electron chi connectivity index (χ3n) is 4.72. The van der Waals surface area contributed by atoms with Crippen LogP contribution in [0.1, 0.15) is 46.7 Å². The summed E-state index contributed by atoms with van der Waals surface area (Å²) < 4.78 is 5.18. The van der Waals surface area contributed by atoms with E-state index >= 15 is 0 Å². The first-order chi connectivity index (χ1) is 13.9. The Morgan fingerprint density at radius 2 is 1.69 bits per heavy atom.